The zero-order valence-electron chi connectivity index (χ0n) is 10.1. The van der Waals surface area contributed by atoms with E-state index in [4.69, 9.17) is 0 Å². The Bertz CT molecular complexity index is 350. The molecular formula is C12H21N3O. The summed E-state index contributed by atoms with van der Waals surface area (Å²) in [7, 11) is 1.93. The van der Waals surface area contributed by atoms with Crippen LogP contribution in [0.2, 0.25) is 0 Å². The Balaban J connectivity index is 1.90. The molecular weight excluding hydrogens is 202 g/mol. The van der Waals surface area contributed by atoms with E-state index >= 15 is 0 Å². The second-order valence-electron chi connectivity index (χ2n) is 5.12. The third kappa shape index (κ3) is 2.28. The predicted molar refractivity (Wildman–Crippen MR) is 62.9 cm³/mol. The van der Waals surface area contributed by atoms with Crippen molar-refractivity contribution in [1.82, 2.24) is 15.1 Å². The maximum absolute atomic E-state index is 9.44. The van der Waals surface area contributed by atoms with E-state index in [9.17, 15) is 5.11 Å². The van der Waals surface area contributed by atoms with Gasteiger partial charge in [-0.2, -0.15) is 5.10 Å². The van der Waals surface area contributed by atoms with Gasteiger partial charge in [0.25, 0.3) is 0 Å². The minimum absolute atomic E-state index is 0.0504. The first-order valence-electron chi connectivity index (χ1n) is 5.97. The van der Waals surface area contributed by atoms with Crippen LogP contribution in [0.4, 0.5) is 0 Å². The molecule has 0 radical (unpaired) electrons. The van der Waals surface area contributed by atoms with E-state index < -0.39 is 0 Å². The molecule has 1 aliphatic carbocycles. The summed E-state index contributed by atoms with van der Waals surface area (Å²) in [5.41, 5.74) is 1.11. The SMILES string of the molecule is Cn1ccc(CNC2CCCC2(C)CO)n1. The number of rotatable bonds is 4. The van der Waals surface area contributed by atoms with Gasteiger partial charge in [0.15, 0.2) is 0 Å². The monoisotopic (exact) mass is 223 g/mol. The fourth-order valence-corrected chi connectivity index (χ4v) is 2.56. The molecule has 0 aromatic carbocycles. The standard InChI is InChI=1S/C12H21N3O/c1-12(9-16)6-3-4-11(12)13-8-10-5-7-15(2)14-10/h5,7,11,13,16H,3-4,6,8-9H2,1-2H3. The maximum Gasteiger partial charge on any atom is 0.0762 e. The second-order valence-corrected chi connectivity index (χ2v) is 5.12. The van der Waals surface area contributed by atoms with Crippen molar-refractivity contribution in [3.8, 4) is 0 Å². The zero-order valence-corrected chi connectivity index (χ0v) is 10.1. The molecule has 16 heavy (non-hydrogen) atoms. The highest BCUT2D eigenvalue weighted by atomic mass is 16.3. The average molecular weight is 223 g/mol. The Labute approximate surface area is 96.7 Å². The summed E-state index contributed by atoms with van der Waals surface area (Å²) in [6.45, 7) is 3.23. The van der Waals surface area contributed by atoms with Gasteiger partial charge < -0.3 is 10.4 Å². The quantitative estimate of drug-likeness (QED) is 0.802. The molecule has 2 N–H and O–H groups in total. The molecule has 4 heteroatoms. The Kier molecular flexibility index (Phi) is 3.30. The van der Waals surface area contributed by atoms with Gasteiger partial charge in [-0.05, 0) is 18.9 Å². The number of aryl methyl sites for hydroxylation is 1. The second kappa shape index (κ2) is 4.55. The third-order valence-corrected chi connectivity index (χ3v) is 3.74. The van der Waals surface area contributed by atoms with Crippen molar-refractivity contribution >= 4 is 0 Å². The van der Waals surface area contributed by atoms with Gasteiger partial charge in [-0.15, -0.1) is 0 Å². The molecule has 1 aromatic heterocycles. The first-order chi connectivity index (χ1) is 7.64. The van der Waals surface area contributed by atoms with E-state index in [-0.39, 0.29) is 12.0 Å². The summed E-state index contributed by atoms with van der Waals surface area (Å²) < 4.78 is 1.82. The molecule has 1 aliphatic rings. The molecule has 0 bridgehead atoms. The zero-order chi connectivity index (χ0) is 11.6. The number of aromatic nitrogens is 2. The molecule has 1 aromatic rings. The number of aliphatic hydroxyl groups excluding tert-OH is 1. The average Bonchev–Trinajstić information content (AvgIpc) is 2.83. The molecule has 1 fully saturated rings. The van der Waals surface area contributed by atoms with Crippen molar-refractivity contribution in [2.75, 3.05) is 6.61 Å². The van der Waals surface area contributed by atoms with Crippen molar-refractivity contribution < 1.29 is 5.11 Å². The molecule has 0 spiro atoms. The lowest BCUT2D eigenvalue weighted by atomic mass is 9.86. The van der Waals surface area contributed by atoms with Crippen LogP contribution in [0.5, 0.6) is 0 Å². The summed E-state index contributed by atoms with van der Waals surface area (Å²) in [6, 6.07) is 2.44. The molecule has 2 unspecified atom stereocenters. The van der Waals surface area contributed by atoms with E-state index in [1.807, 2.05) is 24.0 Å². The van der Waals surface area contributed by atoms with Gasteiger partial charge in [0, 0.05) is 37.9 Å². The molecule has 2 atom stereocenters. The van der Waals surface area contributed by atoms with Crippen molar-refractivity contribution in [3.05, 3.63) is 18.0 Å². The van der Waals surface area contributed by atoms with Crippen LogP contribution in [0.3, 0.4) is 0 Å². The van der Waals surface area contributed by atoms with Gasteiger partial charge >= 0.3 is 0 Å². The minimum atomic E-state index is 0.0504. The highest BCUT2D eigenvalue weighted by molar-refractivity contribution is 5.00. The Hall–Kier alpha value is -0.870. The van der Waals surface area contributed by atoms with Gasteiger partial charge in [-0.25, -0.2) is 0 Å². The molecule has 1 saturated carbocycles. The molecule has 0 amide bonds. The van der Waals surface area contributed by atoms with Gasteiger partial charge in [0.1, 0.15) is 0 Å². The van der Waals surface area contributed by atoms with E-state index in [0.717, 1.165) is 25.1 Å². The Morgan fingerprint density at radius 3 is 3.12 bits per heavy atom. The Morgan fingerprint density at radius 2 is 2.50 bits per heavy atom. The van der Waals surface area contributed by atoms with Crippen LogP contribution in [0.15, 0.2) is 12.3 Å². The number of hydrogen-bond donors (Lipinski definition) is 2. The van der Waals surface area contributed by atoms with Crippen LogP contribution in [-0.2, 0) is 13.6 Å². The van der Waals surface area contributed by atoms with Crippen LogP contribution in [0, 0.1) is 5.41 Å². The first-order valence-corrected chi connectivity index (χ1v) is 5.97. The van der Waals surface area contributed by atoms with Gasteiger partial charge in [0.05, 0.1) is 5.69 Å². The molecule has 4 nitrogen and oxygen atoms in total. The number of nitrogens with one attached hydrogen (secondary N) is 1. The summed E-state index contributed by atoms with van der Waals surface area (Å²) in [4.78, 5) is 0. The van der Waals surface area contributed by atoms with Crippen molar-refractivity contribution in [1.29, 1.82) is 0 Å². The van der Waals surface area contributed by atoms with Crippen molar-refractivity contribution in [3.63, 3.8) is 0 Å². The number of nitrogens with zero attached hydrogens (tertiary/aromatic N) is 2. The largest absolute Gasteiger partial charge is 0.396 e. The topological polar surface area (TPSA) is 50.1 Å². The lowest BCUT2D eigenvalue weighted by molar-refractivity contribution is 0.118. The lowest BCUT2D eigenvalue weighted by Gasteiger charge is -2.30. The predicted octanol–water partition coefficient (Wildman–Crippen LogP) is 1.06. The molecule has 0 saturated heterocycles. The molecule has 1 heterocycles. The third-order valence-electron chi connectivity index (χ3n) is 3.74. The van der Waals surface area contributed by atoms with E-state index in [0.29, 0.717) is 6.04 Å². The van der Waals surface area contributed by atoms with E-state index in [1.165, 1.54) is 6.42 Å². The summed E-state index contributed by atoms with van der Waals surface area (Å²) in [5, 5.41) is 17.3. The summed E-state index contributed by atoms with van der Waals surface area (Å²) in [6.07, 6.45) is 5.43. The fraction of sp³-hybridized carbons (Fsp3) is 0.750. The highest BCUT2D eigenvalue weighted by Gasteiger charge is 2.37. The number of aliphatic hydroxyl groups is 1. The molecule has 90 valence electrons. The van der Waals surface area contributed by atoms with Crippen LogP contribution in [0.25, 0.3) is 0 Å². The van der Waals surface area contributed by atoms with E-state index in [1.54, 1.807) is 0 Å². The highest BCUT2D eigenvalue weighted by Crippen LogP contribution is 2.37. The molecule has 2 rings (SSSR count). The van der Waals surface area contributed by atoms with E-state index in [2.05, 4.69) is 17.3 Å². The van der Waals surface area contributed by atoms with Crippen molar-refractivity contribution in [2.24, 2.45) is 12.5 Å². The maximum atomic E-state index is 9.44. The summed E-state index contributed by atoms with van der Waals surface area (Å²) >= 11 is 0. The van der Waals surface area contributed by atoms with Crippen LogP contribution in [0.1, 0.15) is 31.9 Å². The van der Waals surface area contributed by atoms with Crippen LogP contribution in [-0.4, -0.2) is 27.5 Å². The Morgan fingerprint density at radius 1 is 1.69 bits per heavy atom. The van der Waals surface area contributed by atoms with Crippen molar-refractivity contribution in [2.45, 2.75) is 38.8 Å². The van der Waals surface area contributed by atoms with Gasteiger partial charge in [0.2, 0.25) is 0 Å². The molecule has 0 aliphatic heterocycles. The van der Waals surface area contributed by atoms with Crippen LogP contribution < -0.4 is 5.32 Å². The fourth-order valence-electron chi connectivity index (χ4n) is 2.56. The first kappa shape index (κ1) is 11.6. The normalized spacial score (nSPS) is 29.8. The van der Waals surface area contributed by atoms with Crippen LogP contribution >= 0.6 is 0 Å². The van der Waals surface area contributed by atoms with Gasteiger partial charge in [-0.1, -0.05) is 13.3 Å². The smallest absolute Gasteiger partial charge is 0.0762 e. The lowest BCUT2D eigenvalue weighted by Crippen LogP contribution is -2.41. The summed E-state index contributed by atoms with van der Waals surface area (Å²) in [5.74, 6) is 0. The minimum Gasteiger partial charge on any atom is -0.396 e. The number of hydrogen-bond acceptors (Lipinski definition) is 3. The van der Waals surface area contributed by atoms with Gasteiger partial charge in [-0.3, -0.25) is 4.68 Å².